The van der Waals surface area contributed by atoms with Crippen LogP contribution < -0.4 is 9.80 Å². The van der Waals surface area contributed by atoms with Crippen molar-refractivity contribution in [2.24, 2.45) is 0 Å². The van der Waals surface area contributed by atoms with Gasteiger partial charge in [0.15, 0.2) is 0 Å². The number of phenolic OH excluding ortho intramolecular Hbond substituents is 2. The van der Waals surface area contributed by atoms with Crippen molar-refractivity contribution in [1.29, 1.82) is 0 Å². The van der Waals surface area contributed by atoms with Gasteiger partial charge in [-0.25, -0.2) is 15.0 Å². The summed E-state index contributed by atoms with van der Waals surface area (Å²) in [5, 5.41) is 22.3. The number of anilines is 6. The Morgan fingerprint density at radius 1 is 0.410 bits per heavy atom. The molecule has 0 bridgehead atoms. The van der Waals surface area contributed by atoms with E-state index in [1.54, 1.807) is 12.1 Å². The summed E-state index contributed by atoms with van der Waals surface area (Å²) in [6.45, 7) is 9.01. The van der Waals surface area contributed by atoms with Gasteiger partial charge in [-0.2, -0.15) is 0 Å². The van der Waals surface area contributed by atoms with Crippen LogP contribution in [0.3, 0.4) is 0 Å². The Morgan fingerprint density at radius 2 is 0.855 bits per heavy atom. The number of hydrogen-bond acceptors (Lipinski definition) is 8. The van der Waals surface area contributed by atoms with E-state index in [4.69, 9.17) is 9.97 Å². The zero-order valence-electron chi connectivity index (χ0n) is 48.1. The average molecular weight is 1270 g/mol. The summed E-state index contributed by atoms with van der Waals surface area (Å²) in [6, 6.07) is 71.6. The van der Waals surface area contributed by atoms with Crippen LogP contribution in [-0.2, 0) is 31.9 Å². The molecule has 2 aliphatic rings. The van der Waals surface area contributed by atoms with E-state index < -0.39 is 0 Å². The maximum absolute atomic E-state index is 11.1. The first-order valence-electron chi connectivity index (χ1n) is 29.7. The fourth-order valence-corrected chi connectivity index (χ4v) is 12.8. The van der Waals surface area contributed by atoms with E-state index in [0.29, 0.717) is 11.5 Å². The molecule has 10 aromatic rings. The number of aromatic hydroxyl groups is 2. The molecule has 0 atom stereocenters. The van der Waals surface area contributed by atoms with Crippen LogP contribution in [0.2, 0.25) is 0 Å². The zero-order valence-corrected chi connectivity index (χ0v) is 50.4. The van der Waals surface area contributed by atoms with E-state index in [1.165, 1.54) is 22.3 Å². The topological polar surface area (TPSA) is 98.5 Å². The smallest absolute Gasteiger partial charge is 0.137 e. The number of aromatic nitrogens is 4. The van der Waals surface area contributed by atoms with E-state index >= 15 is 0 Å². The van der Waals surface area contributed by atoms with E-state index in [9.17, 15) is 10.2 Å². The molecule has 6 aromatic carbocycles. The third-order valence-corrected chi connectivity index (χ3v) is 16.7. The van der Waals surface area contributed by atoms with Crippen molar-refractivity contribution in [3.63, 3.8) is 0 Å². The molecule has 0 unspecified atom stereocenters. The third kappa shape index (κ3) is 11.5. The van der Waals surface area contributed by atoms with Crippen LogP contribution in [0, 0.1) is 6.07 Å². The van der Waals surface area contributed by atoms with Gasteiger partial charge in [0.05, 0.1) is 17.1 Å². The molecule has 0 saturated heterocycles. The molecular weight excluding hydrogens is 1200 g/mol. The van der Waals surface area contributed by atoms with Crippen molar-refractivity contribution in [1.82, 2.24) is 19.9 Å². The van der Waals surface area contributed by atoms with Gasteiger partial charge in [0.2, 0.25) is 0 Å². The van der Waals surface area contributed by atoms with E-state index in [0.717, 1.165) is 156 Å². The molecule has 4 aromatic heterocycles. The van der Waals surface area contributed by atoms with Crippen LogP contribution >= 0.6 is 0 Å². The minimum absolute atomic E-state index is 0. The Balaban J connectivity index is 0.000000183. The van der Waals surface area contributed by atoms with Gasteiger partial charge in [-0.1, -0.05) is 182 Å². The van der Waals surface area contributed by atoms with Crippen LogP contribution in [0.5, 0.6) is 11.5 Å². The molecule has 2 N–H and O–H groups in total. The van der Waals surface area contributed by atoms with Gasteiger partial charge < -0.3 is 15.1 Å². The van der Waals surface area contributed by atoms with Crippen molar-refractivity contribution >= 4 is 34.4 Å². The number of benzene rings is 6. The maximum Gasteiger partial charge on any atom is 0.137 e. The second-order valence-corrected chi connectivity index (χ2v) is 21.9. The largest absolute Gasteiger partial charge is 0.507 e. The average Bonchev–Trinajstić information content (AvgIpc) is 2.02. The van der Waals surface area contributed by atoms with Gasteiger partial charge in [-0.15, -0.1) is 29.8 Å². The number of para-hydroxylation sites is 2. The third-order valence-electron chi connectivity index (χ3n) is 16.7. The number of nitrogens with zero attached hydrogens (tertiary/aromatic N) is 6. The molecule has 0 spiro atoms. The Kier molecular flexibility index (Phi) is 18.4. The van der Waals surface area contributed by atoms with Crippen molar-refractivity contribution in [3.8, 4) is 56.5 Å². The molecule has 0 radical (unpaired) electrons. The molecule has 0 fully saturated rings. The van der Waals surface area contributed by atoms with Gasteiger partial charge >= 0.3 is 0 Å². The van der Waals surface area contributed by atoms with Crippen molar-refractivity contribution < 1.29 is 31.3 Å². The van der Waals surface area contributed by atoms with Gasteiger partial charge in [-0.3, -0.25) is 9.88 Å². The molecule has 8 nitrogen and oxygen atoms in total. The van der Waals surface area contributed by atoms with Gasteiger partial charge in [-0.05, 0) is 138 Å². The Bertz CT molecular complexity index is 3420. The number of phenols is 2. The number of hydrogen-bond donors (Lipinski definition) is 2. The number of unbranched alkanes of at least 4 members (excludes halogenated alkanes) is 4. The van der Waals surface area contributed by atoms with Crippen LogP contribution in [0.25, 0.3) is 45.0 Å². The first kappa shape index (κ1) is 58.0. The molecule has 0 amide bonds. The molecule has 9 heteroatoms. The van der Waals surface area contributed by atoms with Crippen molar-refractivity contribution in [3.05, 3.63) is 241 Å². The first-order chi connectivity index (χ1) is 40.3. The van der Waals surface area contributed by atoms with E-state index in [-0.39, 0.29) is 31.9 Å². The first-order valence-corrected chi connectivity index (χ1v) is 29.7. The molecule has 422 valence electrons. The summed E-state index contributed by atoms with van der Waals surface area (Å²) in [7, 11) is 0. The molecule has 12 rings (SSSR count). The van der Waals surface area contributed by atoms with Crippen LogP contribution in [0.1, 0.15) is 127 Å². The Labute approximate surface area is 505 Å². The normalized spacial score (nSPS) is 12.9. The second kappa shape index (κ2) is 26.4. The number of pyridine rings is 4. The molecule has 0 saturated carbocycles. The molecule has 83 heavy (non-hydrogen) atoms. The fraction of sp³-hybridized carbons (Fsp3) is 0.243. The van der Waals surface area contributed by atoms with Crippen LogP contribution in [0.4, 0.5) is 34.4 Å². The summed E-state index contributed by atoms with van der Waals surface area (Å²) in [5.74, 6) is 2.31. The minimum Gasteiger partial charge on any atom is -0.507 e. The Hall–Kier alpha value is -8.19. The monoisotopic (exact) mass is 1270 g/mol. The van der Waals surface area contributed by atoms with Crippen LogP contribution in [0.15, 0.2) is 213 Å². The number of rotatable bonds is 20. The predicted molar refractivity (Wildman–Crippen MR) is 337 cm³/mol. The quantitative estimate of drug-likeness (QED) is 0.0729. The minimum atomic E-state index is -0.115. The maximum atomic E-state index is 11.1. The van der Waals surface area contributed by atoms with E-state index in [2.05, 4.69) is 151 Å². The standard InChI is InChI=1S/C37H37N3O.C37H36N3O.Pt/c2*1-3-5-23-37(24-6-4-2)30-18-13-19-33(41)35(30)36-31(37)21-22-32(39-36)27-14-12-17-29(26-27)40(28-15-8-7-9-16-28)34-20-10-11-25-38-34;/h7-22,25-26,41H,3-6,23-24H2,1-2H3;7-22,25,41H,3-6,23-24H2,1-2H3;/q;-1;. The second-order valence-electron chi connectivity index (χ2n) is 21.9. The molecular formula is C74H73N6O2Pt-. The number of fused-ring (bicyclic) bond motifs is 6. The summed E-state index contributed by atoms with van der Waals surface area (Å²) in [4.78, 5) is 24.1. The summed E-state index contributed by atoms with van der Waals surface area (Å²) < 4.78 is 0. The zero-order chi connectivity index (χ0) is 56.5. The van der Waals surface area contributed by atoms with Crippen molar-refractivity contribution in [2.75, 3.05) is 9.80 Å². The van der Waals surface area contributed by atoms with E-state index in [1.807, 2.05) is 103 Å². The fourth-order valence-electron chi connectivity index (χ4n) is 12.8. The summed E-state index contributed by atoms with van der Waals surface area (Å²) >= 11 is 0. The summed E-state index contributed by atoms with van der Waals surface area (Å²) in [5.41, 5.74) is 16.0. The van der Waals surface area contributed by atoms with Crippen molar-refractivity contribution in [2.45, 2.75) is 116 Å². The van der Waals surface area contributed by atoms with Gasteiger partial charge in [0.1, 0.15) is 23.1 Å². The van der Waals surface area contributed by atoms with Crippen LogP contribution in [-0.4, -0.2) is 30.1 Å². The molecule has 4 heterocycles. The molecule has 2 aliphatic carbocycles. The predicted octanol–water partition coefficient (Wildman–Crippen LogP) is 19.7. The Morgan fingerprint density at radius 3 is 1.36 bits per heavy atom. The summed E-state index contributed by atoms with van der Waals surface area (Å²) in [6.07, 6.45) is 17.0. The molecule has 0 aliphatic heterocycles. The van der Waals surface area contributed by atoms with Gasteiger partial charge in [0, 0.05) is 78.0 Å². The van der Waals surface area contributed by atoms with Gasteiger partial charge in [0.25, 0.3) is 0 Å². The SMILES string of the molecule is CCCCC1(CCCC)c2ccc(-c3[c-]c(N(c4ccccc4)c4ccccn4)ccc3)nc2-c2c(O)cccc21.CCCCC1(CCCC)c2ccc(-c3cccc(N(c4ccccc4)c4ccccn4)c3)nc2-c2c(O)cccc21.[Pt].